The molecule has 0 spiro atoms. The third-order valence-corrected chi connectivity index (χ3v) is 4.51. The molecule has 98 valence electrons. The van der Waals surface area contributed by atoms with Gasteiger partial charge in [0.25, 0.3) is 0 Å². The summed E-state index contributed by atoms with van der Waals surface area (Å²) in [5.74, 6) is 0.966. The van der Waals surface area contributed by atoms with Crippen molar-refractivity contribution in [1.29, 1.82) is 0 Å². The summed E-state index contributed by atoms with van der Waals surface area (Å²) in [6.07, 6.45) is 7.81. The van der Waals surface area contributed by atoms with E-state index in [2.05, 4.69) is 23.1 Å². The van der Waals surface area contributed by atoms with Gasteiger partial charge in [0.15, 0.2) is 0 Å². The van der Waals surface area contributed by atoms with Crippen molar-refractivity contribution in [3.8, 4) is 0 Å². The molecule has 1 aromatic carbocycles. The lowest BCUT2D eigenvalue weighted by atomic mass is 9.85. The van der Waals surface area contributed by atoms with Crippen LogP contribution in [0.15, 0.2) is 18.2 Å². The highest BCUT2D eigenvalue weighted by molar-refractivity contribution is 5.59. The molecule has 18 heavy (non-hydrogen) atoms. The Balaban J connectivity index is 1.67. The number of hydrogen-bond acceptors (Lipinski definition) is 2. The van der Waals surface area contributed by atoms with Crippen molar-refractivity contribution >= 4 is 5.69 Å². The molecule has 0 bridgehead atoms. The molecular formula is C16H24N2. The van der Waals surface area contributed by atoms with Crippen LogP contribution in [0, 0.1) is 5.92 Å². The third-order valence-electron chi connectivity index (χ3n) is 4.51. The molecule has 0 radical (unpaired) electrons. The van der Waals surface area contributed by atoms with Crippen LogP contribution in [0.3, 0.4) is 0 Å². The van der Waals surface area contributed by atoms with E-state index >= 15 is 0 Å². The summed E-state index contributed by atoms with van der Waals surface area (Å²) in [6.45, 7) is 3.31. The van der Waals surface area contributed by atoms with Gasteiger partial charge in [-0.15, -0.1) is 0 Å². The fourth-order valence-corrected chi connectivity index (χ4v) is 3.16. The van der Waals surface area contributed by atoms with E-state index in [1.54, 1.807) is 5.56 Å². The van der Waals surface area contributed by atoms with Gasteiger partial charge in [-0.25, -0.2) is 0 Å². The zero-order chi connectivity index (χ0) is 12.4. The maximum Gasteiger partial charge on any atom is 0.0399 e. The van der Waals surface area contributed by atoms with Crippen molar-refractivity contribution in [2.24, 2.45) is 11.7 Å². The second kappa shape index (κ2) is 5.31. The summed E-state index contributed by atoms with van der Waals surface area (Å²) in [5.41, 5.74) is 10.1. The highest BCUT2D eigenvalue weighted by Gasteiger charge is 2.25. The topological polar surface area (TPSA) is 29.3 Å². The zero-order valence-corrected chi connectivity index (χ0v) is 11.2. The number of nitrogens with two attached hydrogens (primary N) is 1. The second-order valence-corrected chi connectivity index (χ2v) is 5.85. The van der Waals surface area contributed by atoms with Crippen molar-refractivity contribution < 1.29 is 0 Å². The van der Waals surface area contributed by atoms with Gasteiger partial charge in [-0.1, -0.05) is 18.6 Å². The summed E-state index contributed by atoms with van der Waals surface area (Å²) >= 11 is 0. The molecule has 0 saturated heterocycles. The number of anilines is 1. The van der Waals surface area contributed by atoms with E-state index in [1.807, 2.05) is 0 Å². The van der Waals surface area contributed by atoms with Gasteiger partial charge in [0, 0.05) is 18.8 Å². The number of hydrogen-bond donors (Lipinski definition) is 1. The largest absolute Gasteiger partial charge is 0.371 e. The number of nitrogens with zero attached hydrogens (tertiary/aromatic N) is 1. The van der Waals surface area contributed by atoms with E-state index in [1.165, 1.54) is 50.0 Å². The standard InChI is InChI=1S/C16H24N2/c17-9-2-5-13-6-7-16-15(11-13)8-10-18(16)12-14-3-1-4-14/h6-7,11,14H,1-5,8-10,12,17H2. The fraction of sp³-hybridized carbons (Fsp3) is 0.625. The lowest BCUT2D eigenvalue weighted by Gasteiger charge is -2.31. The summed E-state index contributed by atoms with van der Waals surface area (Å²) < 4.78 is 0. The van der Waals surface area contributed by atoms with E-state index in [4.69, 9.17) is 5.73 Å². The van der Waals surface area contributed by atoms with Crippen molar-refractivity contribution in [3.05, 3.63) is 29.3 Å². The molecule has 1 heterocycles. The molecule has 2 heteroatoms. The van der Waals surface area contributed by atoms with Crippen molar-refractivity contribution in [2.75, 3.05) is 24.5 Å². The van der Waals surface area contributed by atoms with Crippen LogP contribution in [0.2, 0.25) is 0 Å². The monoisotopic (exact) mass is 244 g/mol. The first-order valence-electron chi connectivity index (χ1n) is 7.43. The number of benzene rings is 1. The molecule has 0 unspecified atom stereocenters. The SMILES string of the molecule is NCCCc1ccc2c(c1)CCN2CC1CCC1. The van der Waals surface area contributed by atoms with Gasteiger partial charge < -0.3 is 10.6 Å². The highest BCUT2D eigenvalue weighted by Crippen LogP contribution is 2.34. The summed E-state index contributed by atoms with van der Waals surface area (Å²) in [5, 5.41) is 0. The van der Waals surface area contributed by atoms with E-state index < -0.39 is 0 Å². The van der Waals surface area contributed by atoms with Crippen LogP contribution in [0.4, 0.5) is 5.69 Å². The molecule has 2 aliphatic rings. The van der Waals surface area contributed by atoms with Gasteiger partial charge in [-0.05, 0) is 61.8 Å². The predicted molar refractivity (Wildman–Crippen MR) is 77.1 cm³/mol. The van der Waals surface area contributed by atoms with Gasteiger partial charge >= 0.3 is 0 Å². The Kier molecular flexibility index (Phi) is 3.55. The lowest BCUT2D eigenvalue weighted by molar-refractivity contribution is 0.319. The van der Waals surface area contributed by atoms with Gasteiger partial charge in [0.05, 0.1) is 0 Å². The molecule has 1 aliphatic heterocycles. The molecule has 1 saturated carbocycles. The Labute approximate surface area is 110 Å². The molecule has 2 N–H and O–H groups in total. The molecule has 0 aromatic heterocycles. The van der Waals surface area contributed by atoms with Crippen molar-refractivity contribution in [3.63, 3.8) is 0 Å². The fourth-order valence-electron chi connectivity index (χ4n) is 3.16. The maximum atomic E-state index is 5.58. The quantitative estimate of drug-likeness (QED) is 0.863. The number of aryl methyl sites for hydroxylation is 1. The van der Waals surface area contributed by atoms with Gasteiger partial charge in [0.1, 0.15) is 0 Å². The van der Waals surface area contributed by atoms with Gasteiger partial charge in [0.2, 0.25) is 0 Å². The molecule has 1 fully saturated rings. The smallest absolute Gasteiger partial charge is 0.0399 e. The highest BCUT2D eigenvalue weighted by atomic mass is 15.1. The average molecular weight is 244 g/mol. The van der Waals surface area contributed by atoms with Crippen LogP contribution < -0.4 is 10.6 Å². The first-order chi connectivity index (χ1) is 8.86. The Morgan fingerprint density at radius 2 is 2.17 bits per heavy atom. The molecule has 0 amide bonds. The normalized spacial score (nSPS) is 18.8. The van der Waals surface area contributed by atoms with Crippen molar-refractivity contribution in [2.45, 2.75) is 38.5 Å². The number of fused-ring (bicyclic) bond motifs is 1. The van der Waals surface area contributed by atoms with Crippen LogP contribution in [0.5, 0.6) is 0 Å². The summed E-state index contributed by atoms with van der Waals surface area (Å²) in [7, 11) is 0. The minimum Gasteiger partial charge on any atom is -0.371 e. The first kappa shape index (κ1) is 12.0. The molecule has 1 aromatic rings. The molecule has 0 atom stereocenters. The van der Waals surface area contributed by atoms with E-state index in [-0.39, 0.29) is 0 Å². The van der Waals surface area contributed by atoms with E-state index in [0.717, 1.165) is 25.3 Å². The minimum atomic E-state index is 0.797. The van der Waals surface area contributed by atoms with Gasteiger partial charge in [-0.2, -0.15) is 0 Å². The Hall–Kier alpha value is -1.02. The zero-order valence-electron chi connectivity index (χ0n) is 11.2. The van der Waals surface area contributed by atoms with Crippen LogP contribution in [-0.4, -0.2) is 19.6 Å². The summed E-state index contributed by atoms with van der Waals surface area (Å²) in [4.78, 5) is 2.60. The second-order valence-electron chi connectivity index (χ2n) is 5.85. The average Bonchev–Trinajstić information content (AvgIpc) is 2.73. The van der Waals surface area contributed by atoms with Gasteiger partial charge in [-0.3, -0.25) is 0 Å². The first-order valence-corrected chi connectivity index (χ1v) is 7.43. The molecule has 2 nitrogen and oxygen atoms in total. The van der Waals surface area contributed by atoms with Crippen LogP contribution in [0.1, 0.15) is 36.8 Å². The predicted octanol–water partition coefficient (Wildman–Crippen LogP) is 2.74. The minimum absolute atomic E-state index is 0.797. The van der Waals surface area contributed by atoms with Crippen LogP contribution in [-0.2, 0) is 12.8 Å². The Bertz CT molecular complexity index is 410. The molecule has 3 rings (SSSR count). The Morgan fingerprint density at radius 3 is 2.89 bits per heavy atom. The van der Waals surface area contributed by atoms with Crippen molar-refractivity contribution in [1.82, 2.24) is 0 Å². The van der Waals surface area contributed by atoms with Crippen LogP contribution >= 0.6 is 0 Å². The Morgan fingerprint density at radius 1 is 1.28 bits per heavy atom. The van der Waals surface area contributed by atoms with E-state index in [9.17, 15) is 0 Å². The maximum absolute atomic E-state index is 5.58. The number of rotatable bonds is 5. The lowest BCUT2D eigenvalue weighted by Crippen LogP contribution is -2.31. The van der Waals surface area contributed by atoms with E-state index in [0.29, 0.717) is 0 Å². The third kappa shape index (κ3) is 2.39. The molecule has 1 aliphatic carbocycles. The summed E-state index contributed by atoms with van der Waals surface area (Å²) in [6, 6.07) is 7.05. The molecular weight excluding hydrogens is 220 g/mol. The van der Waals surface area contributed by atoms with Crippen LogP contribution in [0.25, 0.3) is 0 Å².